The highest BCUT2D eigenvalue weighted by Gasteiger charge is 2.27. The van der Waals surface area contributed by atoms with Crippen LogP contribution in [0, 0.1) is 13.8 Å². The molecule has 1 aliphatic rings. The van der Waals surface area contributed by atoms with Crippen molar-refractivity contribution in [3.05, 3.63) is 53.3 Å². The van der Waals surface area contributed by atoms with Gasteiger partial charge in [0.1, 0.15) is 0 Å². The minimum absolute atomic E-state index is 0.0453. The third-order valence-corrected chi connectivity index (χ3v) is 4.97. The van der Waals surface area contributed by atoms with E-state index in [0.29, 0.717) is 11.9 Å². The monoisotopic (exact) mass is 338 g/mol. The van der Waals surface area contributed by atoms with Crippen LogP contribution >= 0.6 is 0 Å². The molecule has 1 aliphatic heterocycles. The number of anilines is 1. The van der Waals surface area contributed by atoms with Gasteiger partial charge in [0.05, 0.1) is 6.04 Å². The molecule has 5 heteroatoms. The molecule has 25 heavy (non-hydrogen) atoms. The number of rotatable bonds is 4. The summed E-state index contributed by atoms with van der Waals surface area (Å²) in [6, 6.07) is 8.38. The smallest absolute Gasteiger partial charge is 0.243 e. The van der Waals surface area contributed by atoms with Gasteiger partial charge in [-0.2, -0.15) is 0 Å². The van der Waals surface area contributed by atoms with Gasteiger partial charge >= 0.3 is 0 Å². The summed E-state index contributed by atoms with van der Waals surface area (Å²) in [5.74, 6) is 0.906. The molecule has 1 N–H and O–H groups in total. The molecule has 1 atom stereocenters. The first kappa shape index (κ1) is 17.5. The molecule has 0 spiro atoms. The van der Waals surface area contributed by atoms with Crippen molar-refractivity contribution in [2.45, 2.75) is 45.6 Å². The van der Waals surface area contributed by atoms with Crippen molar-refractivity contribution in [3.63, 3.8) is 0 Å². The molecule has 1 amide bonds. The molecular weight excluding hydrogens is 312 g/mol. The van der Waals surface area contributed by atoms with Crippen LogP contribution in [0.15, 0.2) is 36.7 Å². The molecule has 0 radical (unpaired) electrons. The normalized spacial score (nSPS) is 17.2. The minimum Gasteiger partial charge on any atom is -0.293 e. The Bertz CT molecular complexity index is 703. The lowest BCUT2D eigenvalue weighted by Gasteiger charge is -2.35. The fraction of sp³-hybridized carbons (Fsp3) is 0.450. The zero-order chi connectivity index (χ0) is 17.8. The van der Waals surface area contributed by atoms with E-state index in [1.54, 1.807) is 18.5 Å². The molecule has 3 rings (SSSR count). The molecule has 1 fully saturated rings. The quantitative estimate of drug-likeness (QED) is 0.929. The lowest BCUT2D eigenvalue weighted by Crippen LogP contribution is -2.45. The second-order valence-corrected chi connectivity index (χ2v) is 6.97. The maximum Gasteiger partial charge on any atom is 0.243 e. The second kappa shape index (κ2) is 7.74. The summed E-state index contributed by atoms with van der Waals surface area (Å²) in [6.07, 6.45) is 5.43. The first-order chi connectivity index (χ1) is 12.0. The van der Waals surface area contributed by atoms with Crippen molar-refractivity contribution in [2.75, 3.05) is 18.4 Å². The van der Waals surface area contributed by atoms with Crippen LogP contribution in [0.1, 0.15) is 42.4 Å². The lowest BCUT2D eigenvalue weighted by molar-refractivity contribution is -0.121. The second-order valence-electron chi connectivity index (χ2n) is 6.97. The van der Waals surface area contributed by atoms with Crippen LogP contribution < -0.4 is 5.32 Å². The SMILES string of the molecule is Cc1cc(C)cc(C2CCN(C(C)C(=O)Nc3ncccn3)CC2)c1. The average molecular weight is 338 g/mol. The highest BCUT2D eigenvalue weighted by Crippen LogP contribution is 2.30. The first-order valence-electron chi connectivity index (χ1n) is 8.93. The summed E-state index contributed by atoms with van der Waals surface area (Å²) in [7, 11) is 0. The number of aryl methyl sites for hydroxylation is 2. The van der Waals surface area contributed by atoms with Gasteiger partial charge in [0.25, 0.3) is 0 Å². The number of nitrogens with zero attached hydrogens (tertiary/aromatic N) is 3. The summed E-state index contributed by atoms with van der Waals surface area (Å²) in [5, 5.41) is 2.79. The van der Waals surface area contributed by atoms with Crippen molar-refractivity contribution in [1.82, 2.24) is 14.9 Å². The maximum atomic E-state index is 12.4. The Morgan fingerprint density at radius 1 is 1.12 bits per heavy atom. The van der Waals surface area contributed by atoms with Crippen LogP contribution in [0.5, 0.6) is 0 Å². The number of hydrogen-bond donors (Lipinski definition) is 1. The number of carbonyl (C=O) groups excluding carboxylic acids is 1. The number of benzene rings is 1. The van der Waals surface area contributed by atoms with Crippen LogP contribution in [-0.4, -0.2) is 39.9 Å². The zero-order valence-corrected chi connectivity index (χ0v) is 15.2. The molecule has 1 aromatic heterocycles. The topological polar surface area (TPSA) is 58.1 Å². The predicted octanol–water partition coefficient (Wildman–Crippen LogP) is 3.30. The number of carbonyl (C=O) groups is 1. The minimum atomic E-state index is -0.177. The molecular formula is C20H26N4O. The van der Waals surface area contributed by atoms with Crippen LogP contribution in [0.2, 0.25) is 0 Å². The number of piperidine rings is 1. The van der Waals surface area contributed by atoms with Gasteiger partial charge in [-0.3, -0.25) is 15.0 Å². The Kier molecular flexibility index (Phi) is 5.43. The van der Waals surface area contributed by atoms with Crippen molar-refractivity contribution < 1.29 is 4.79 Å². The third-order valence-electron chi connectivity index (χ3n) is 4.97. The summed E-state index contributed by atoms with van der Waals surface area (Å²) >= 11 is 0. The highest BCUT2D eigenvalue weighted by atomic mass is 16.2. The van der Waals surface area contributed by atoms with Crippen LogP contribution in [-0.2, 0) is 4.79 Å². The molecule has 0 aliphatic carbocycles. The van der Waals surface area contributed by atoms with E-state index in [0.717, 1.165) is 25.9 Å². The predicted molar refractivity (Wildman–Crippen MR) is 99.6 cm³/mol. The van der Waals surface area contributed by atoms with Gasteiger partial charge in [-0.15, -0.1) is 0 Å². The van der Waals surface area contributed by atoms with E-state index in [1.807, 2.05) is 6.92 Å². The van der Waals surface area contributed by atoms with Crippen LogP contribution in [0.3, 0.4) is 0 Å². The van der Waals surface area contributed by atoms with E-state index in [2.05, 4.69) is 52.2 Å². The highest BCUT2D eigenvalue weighted by molar-refractivity contribution is 5.93. The van der Waals surface area contributed by atoms with Gasteiger partial charge in [-0.25, -0.2) is 9.97 Å². The molecule has 5 nitrogen and oxygen atoms in total. The zero-order valence-electron chi connectivity index (χ0n) is 15.2. The molecule has 1 aromatic carbocycles. The van der Waals surface area contributed by atoms with E-state index in [1.165, 1.54) is 16.7 Å². The van der Waals surface area contributed by atoms with E-state index >= 15 is 0 Å². The summed E-state index contributed by atoms with van der Waals surface area (Å²) < 4.78 is 0. The molecule has 132 valence electrons. The average Bonchev–Trinajstić information content (AvgIpc) is 2.61. The van der Waals surface area contributed by atoms with Crippen molar-refractivity contribution in [3.8, 4) is 0 Å². The Labute approximate surface area is 149 Å². The van der Waals surface area contributed by atoms with Crippen LogP contribution in [0.4, 0.5) is 5.95 Å². The maximum absolute atomic E-state index is 12.4. The van der Waals surface area contributed by atoms with Gasteiger partial charge in [-0.1, -0.05) is 29.3 Å². The van der Waals surface area contributed by atoms with Crippen LogP contribution in [0.25, 0.3) is 0 Å². The molecule has 2 heterocycles. The molecule has 2 aromatic rings. The standard InChI is InChI=1S/C20H26N4O/c1-14-11-15(2)13-18(12-14)17-5-9-24(10-6-17)16(3)19(25)23-20-21-7-4-8-22-20/h4,7-8,11-13,16-17H,5-6,9-10H2,1-3H3,(H,21,22,23,25). The molecule has 1 saturated heterocycles. The number of aromatic nitrogens is 2. The number of likely N-dealkylation sites (tertiary alicyclic amines) is 1. The third kappa shape index (κ3) is 4.42. The number of hydrogen-bond acceptors (Lipinski definition) is 4. The number of amides is 1. The van der Waals surface area contributed by atoms with Gasteiger partial charge < -0.3 is 0 Å². The van der Waals surface area contributed by atoms with Crippen molar-refractivity contribution in [1.29, 1.82) is 0 Å². The summed E-state index contributed by atoms with van der Waals surface area (Å²) in [6.45, 7) is 8.13. The first-order valence-corrected chi connectivity index (χ1v) is 8.93. The van der Waals surface area contributed by atoms with Gasteiger partial charge in [0.2, 0.25) is 11.9 Å². The Hall–Kier alpha value is -2.27. The van der Waals surface area contributed by atoms with E-state index in [-0.39, 0.29) is 11.9 Å². The van der Waals surface area contributed by atoms with Crippen molar-refractivity contribution in [2.24, 2.45) is 0 Å². The summed E-state index contributed by atoms with van der Waals surface area (Å²) in [4.78, 5) is 22.8. The lowest BCUT2D eigenvalue weighted by atomic mass is 9.87. The van der Waals surface area contributed by atoms with E-state index in [9.17, 15) is 4.79 Å². The molecule has 1 unspecified atom stereocenters. The summed E-state index contributed by atoms with van der Waals surface area (Å²) in [5.41, 5.74) is 4.09. The fourth-order valence-electron chi connectivity index (χ4n) is 3.61. The van der Waals surface area contributed by atoms with Gasteiger partial charge in [-0.05, 0) is 64.3 Å². The Balaban J connectivity index is 1.57. The molecule has 0 bridgehead atoms. The largest absolute Gasteiger partial charge is 0.293 e. The van der Waals surface area contributed by atoms with E-state index < -0.39 is 0 Å². The fourth-order valence-corrected chi connectivity index (χ4v) is 3.61. The Morgan fingerprint density at radius 2 is 1.72 bits per heavy atom. The van der Waals surface area contributed by atoms with Crippen molar-refractivity contribution >= 4 is 11.9 Å². The number of nitrogens with one attached hydrogen (secondary N) is 1. The Morgan fingerprint density at radius 3 is 2.32 bits per heavy atom. The van der Waals surface area contributed by atoms with E-state index in [4.69, 9.17) is 0 Å². The molecule has 0 saturated carbocycles. The van der Waals surface area contributed by atoms with Gasteiger partial charge in [0, 0.05) is 12.4 Å². The van der Waals surface area contributed by atoms with Gasteiger partial charge in [0.15, 0.2) is 0 Å².